The first-order chi connectivity index (χ1) is 16.0. The summed E-state index contributed by atoms with van der Waals surface area (Å²) in [5.74, 6) is 0. The molecule has 6 aromatic heterocycles. The lowest BCUT2D eigenvalue weighted by molar-refractivity contribution is 0.111. The number of carbonyl (C=O) groups is 2. The molecule has 0 unspecified atom stereocenters. The van der Waals surface area contributed by atoms with Crippen LogP contribution >= 0.6 is 68.0 Å². The molecule has 0 bridgehead atoms. The average Bonchev–Trinajstić information content (AvgIpc) is 3.52. The molecule has 0 aromatic carbocycles. The number of hydrogen-bond donors (Lipinski definition) is 0. The fraction of sp³-hybridized carbons (Fsp3) is 0.250. The fourth-order valence-corrected chi connectivity index (χ4v) is 16.6. The van der Waals surface area contributed by atoms with Crippen LogP contribution in [-0.2, 0) is 0 Å². The lowest BCUT2D eigenvalue weighted by Gasteiger charge is -2.12. The second kappa shape index (κ2) is 7.75. The van der Waals surface area contributed by atoms with E-state index in [1.165, 1.54) is 46.6 Å². The van der Waals surface area contributed by atoms with Gasteiger partial charge in [0, 0.05) is 32.7 Å². The Kier molecular flexibility index (Phi) is 5.34. The second-order valence-corrected chi connectivity index (χ2v) is 28.7. The predicted octanol–water partition coefficient (Wildman–Crippen LogP) is 9.05. The fourth-order valence-electron chi connectivity index (χ4n) is 4.31. The van der Waals surface area contributed by atoms with Gasteiger partial charge in [-0.25, -0.2) is 0 Å². The van der Waals surface area contributed by atoms with Crippen LogP contribution in [0.5, 0.6) is 0 Å². The molecule has 10 heteroatoms. The van der Waals surface area contributed by atoms with Crippen LogP contribution < -0.4 is 9.00 Å². The van der Waals surface area contributed by atoms with E-state index < -0.39 is 16.1 Å². The van der Waals surface area contributed by atoms with Gasteiger partial charge in [-0.1, -0.05) is 39.3 Å². The van der Waals surface area contributed by atoms with Crippen LogP contribution in [0.15, 0.2) is 12.1 Å². The van der Waals surface area contributed by atoms with Gasteiger partial charge in [-0.15, -0.1) is 68.0 Å². The SMILES string of the molecule is C[Si](C)(C)c1cc2c(s1)sc1sc(C=O)c(-c3c(C=O)sc4sc5sc([Si](C)(C)C)cc5c34)c12. The zero-order valence-corrected chi connectivity index (χ0v) is 26.5. The molecule has 6 heterocycles. The van der Waals surface area contributed by atoms with Gasteiger partial charge in [0.25, 0.3) is 0 Å². The van der Waals surface area contributed by atoms with Gasteiger partial charge in [-0.3, -0.25) is 9.59 Å². The molecular weight excluding hydrogens is 569 g/mol. The van der Waals surface area contributed by atoms with E-state index in [0.717, 1.165) is 33.5 Å². The Morgan fingerprint density at radius 3 is 1.26 bits per heavy atom. The molecule has 2 nitrogen and oxygen atoms in total. The van der Waals surface area contributed by atoms with Gasteiger partial charge in [0.15, 0.2) is 12.6 Å². The first-order valence-electron chi connectivity index (χ1n) is 10.9. The normalized spacial score (nSPS) is 13.2. The highest BCUT2D eigenvalue weighted by Crippen LogP contribution is 2.54. The van der Waals surface area contributed by atoms with E-state index in [0.29, 0.717) is 0 Å². The topological polar surface area (TPSA) is 34.1 Å². The Hall–Kier alpha value is -0.986. The van der Waals surface area contributed by atoms with Crippen molar-refractivity contribution < 1.29 is 9.59 Å². The third-order valence-electron chi connectivity index (χ3n) is 6.05. The average molecular weight is 591 g/mol. The van der Waals surface area contributed by atoms with E-state index in [2.05, 4.69) is 51.4 Å². The summed E-state index contributed by atoms with van der Waals surface area (Å²) in [5.41, 5.74) is 1.96. The molecule has 0 fully saturated rings. The number of fused-ring (bicyclic) bond motifs is 6. The summed E-state index contributed by atoms with van der Waals surface area (Å²) in [5, 5.41) is 4.88. The van der Waals surface area contributed by atoms with Crippen molar-refractivity contribution in [3.8, 4) is 11.1 Å². The monoisotopic (exact) mass is 590 g/mol. The molecule has 174 valence electrons. The first-order valence-corrected chi connectivity index (χ1v) is 22.8. The maximum absolute atomic E-state index is 12.3. The van der Waals surface area contributed by atoms with Gasteiger partial charge < -0.3 is 0 Å². The largest absolute Gasteiger partial charge is 0.297 e. The molecule has 0 N–H and O–H groups in total. The molecule has 0 aliphatic rings. The summed E-state index contributed by atoms with van der Waals surface area (Å²) in [6, 6.07) is 4.74. The molecule has 0 aliphatic heterocycles. The minimum atomic E-state index is -1.44. The van der Waals surface area contributed by atoms with Crippen LogP contribution in [0.2, 0.25) is 39.3 Å². The number of hydrogen-bond acceptors (Lipinski definition) is 8. The Morgan fingerprint density at radius 1 is 0.559 bits per heavy atom. The van der Waals surface area contributed by atoms with E-state index in [9.17, 15) is 9.59 Å². The molecule has 0 amide bonds. The molecule has 0 radical (unpaired) electrons. The molecular formula is C24H22O2S6Si2. The highest BCUT2D eigenvalue weighted by atomic mass is 32.2. The highest BCUT2D eigenvalue weighted by molar-refractivity contribution is 7.52. The van der Waals surface area contributed by atoms with E-state index in [1.807, 2.05) is 22.7 Å². The van der Waals surface area contributed by atoms with Gasteiger partial charge in [-0.2, -0.15) is 0 Å². The first kappa shape index (κ1) is 23.4. The number of thiophene rings is 6. The van der Waals surface area contributed by atoms with Gasteiger partial charge in [0.1, 0.15) is 0 Å². The molecule has 0 spiro atoms. The maximum Gasteiger partial charge on any atom is 0.160 e. The molecule has 6 rings (SSSR count). The van der Waals surface area contributed by atoms with Gasteiger partial charge >= 0.3 is 0 Å². The van der Waals surface area contributed by atoms with E-state index >= 15 is 0 Å². The van der Waals surface area contributed by atoms with E-state index in [1.54, 1.807) is 45.3 Å². The number of carbonyl (C=O) groups excluding carboxylic acids is 2. The van der Waals surface area contributed by atoms with Crippen molar-refractivity contribution in [3.63, 3.8) is 0 Å². The van der Waals surface area contributed by atoms with Crippen molar-refractivity contribution in [1.82, 2.24) is 0 Å². The van der Waals surface area contributed by atoms with Crippen molar-refractivity contribution in [2.45, 2.75) is 39.3 Å². The van der Waals surface area contributed by atoms with Crippen LogP contribution in [0.1, 0.15) is 19.3 Å². The molecule has 0 aliphatic carbocycles. The number of rotatable bonds is 5. The van der Waals surface area contributed by atoms with Crippen LogP contribution in [0, 0.1) is 0 Å². The summed E-state index contributed by atoms with van der Waals surface area (Å²) in [4.78, 5) is 26.1. The maximum atomic E-state index is 12.3. The van der Waals surface area contributed by atoms with Crippen LogP contribution in [-0.4, -0.2) is 28.7 Å². The third kappa shape index (κ3) is 3.37. The second-order valence-electron chi connectivity index (χ2n) is 10.6. The Morgan fingerprint density at radius 2 is 0.941 bits per heavy atom. The van der Waals surface area contributed by atoms with Crippen molar-refractivity contribution in [1.29, 1.82) is 0 Å². The molecule has 0 atom stereocenters. The zero-order chi connectivity index (χ0) is 24.2. The third-order valence-corrected chi connectivity index (χ3v) is 20.5. The molecule has 34 heavy (non-hydrogen) atoms. The summed E-state index contributed by atoms with van der Waals surface area (Å²) < 4.78 is 8.03. The summed E-state index contributed by atoms with van der Waals surface area (Å²) in [6.07, 6.45) is 1.99. The Balaban J connectivity index is 1.75. The number of aldehydes is 2. The van der Waals surface area contributed by atoms with Gasteiger partial charge in [0.2, 0.25) is 0 Å². The van der Waals surface area contributed by atoms with Gasteiger partial charge in [-0.05, 0) is 21.1 Å². The van der Waals surface area contributed by atoms with E-state index in [-0.39, 0.29) is 0 Å². The Labute approximate surface area is 223 Å². The minimum Gasteiger partial charge on any atom is -0.297 e. The van der Waals surface area contributed by atoms with Crippen molar-refractivity contribution in [2.75, 3.05) is 0 Å². The summed E-state index contributed by atoms with van der Waals surface area (Å²) in [7, 11) is -2.89. The smallest absolute Gasteiger partial charge is 0.160 e. The Bertz CT molecular complexity index is 1640. The molecule has 6 aromatic rings. The standard InChI is InChI=1S/C24H22O2S6Si2/c1-33(2,3)15-7-11-17-19(13(9-25)27-23(17)31-21(11)29-15)20-14(10-26)28-24-18(20)12-8-16(34(4,5)6)30-22(12)32-24/h7-10H,1-6H3. The zero-order valence-electron chi connectivity index (χ0n) is 19.6. The lowest BCUT2D eigenvalue weighted by Crippen LogP contribution is -2.34. The van der Waals surface area contributed by atoms with Crippen LogP contribution in [0.4, 0.5) is 0 Å². The van der Waals surface area contributed by atoms with Crippen molar-refractivity contribution in [2.24, 2.45) is 0 Å². The van der Waals surface area contributed by atoms with Crippen molar-refractivity contribution >= 4 is 143 Å². The minimum absolute atomic E-state index is 0.742. The summed E-state index contributed by atoms with van der Waals surface area (Å²) in [6.45, 7) is 14.3. The molecule has 0 saturated carbocycles. The van der Waals surface area contributed by atoms with Crippen molar-refractivity contribution in [3.05, 3.63) is 21.9 Å². The molecule has 0 saturated heterocycles. The van der Waals surface area contributed by atoms with Gasteiger partial charge in [0.05, 0.1) is 42.0 Å². The predicted molar refractivity (Wildman–Crippen MR) is 166 cm³/mol. The van der Waals surface area contributed by atoms with Crippen LogP contribution in [0.3, 0.4) is 0 Å². The quantitative estimate of drug-likeness (QED) is 0.148. The summed E-state index contributed by atoms with van der Waals surface area (Å²) >= 11 is 10.6. The highest BCUT2D eigenvalue weighted by Gasteiger charge is 2.29. The lowest BCUT2D eigenvalue weighted by atomic mass is 10.00. The van der Waals surface area contributed by atoms with E-state index in [4.69, 9.17) is 0 Å². The van der Waals surface area contributed by atoms with Crippen LogP contribution in [0.25, 0.3) is 48.7 Å².